The van der Waals surface area contributed by atoms with Crippen molar-refractivity contribution in [1.82, 2.24) is 0 Å². The minimum atomic E-state index is -4.62. The molecule has 0 aromatic rings. The Hall–Kier alpha value is 0.620. The average Bonchev–Trinajstić information content (AvgIpc) is 1.62. The van der Waals surface area contributed by atoms with E-state index in [1.165, 1.54) is 0 Å². The molecule has 7 heteroatoms. The molecular formula is C3H8NaO5P. The van der Waals surface area contributed by atoms with Crippen molar-refractivity contribution in [2.75, 3.05) is 7.11 Å². The van der Waals surface area contributed by atoms with Crippen molar-refractivity contribution in [2.45, 2.75) is 0 Å². The van der Waals surface area contributed by atoms with E-state index in [0.717, 1.165) is 7.11 Å². The van der Waals surface area contributed by atoms with E-state index in [1.807, 2.05) is 0 Å². The van der Waals surface area contributed by atoms with Gasteiger partial charge in [-0.1, -0.05) is 0 Å². The van der Waals surface area contributed by atoms with E-state index in [4.69, 9.17) is 9.79 Å². The smallest absolute Gasteiger partial charge is 0.460 e. The summed E-state index contributed by atoms with van der Waals surface area (Å²) in [6, 6.07) is 0. The molecule has 0 aromatic carbocycles. The van der Waals surface area contributed by atoms with E-state index in [-0.39, 0.29) is 37.0 Å². The normalized spacial score (nSPS) is 8.70. The minimum absolute atomic E-state index is 0. The molecule has 0 spiro atoms. The van der Waals surface area contributed by atoms with Gasteiger partial charge in [-0.25, -0.2) is 9.36 Å². The molecule has 0 aromatic heterocycles. The van der Waals surface area contributed by atoms with Gasteiger partial charge in [-0.2, -0.15) is 0 Å². The molecule has 0 radical (unpaired) electrons. The van der Waals surface area contributed by atoms with Crippen molar-refractivity contribution in [3.05, 3.63) is 7.43 Å². The third-order valence-corrected chi connectivity index (χ3v) is 1.07. The number of ether oxygens (including phenoxy) is 1. The second kappa shape index (κ2) is 6.34. The second-order valence-electron chi connectivity index (χ2n) is 1.01. The molecule has 5 nitrogen and oxygen atoms in total. The zero-order valence-electron chi connectivity index (χ0n) is 6.07. The number of carbonyl (C=O) groups is 1. The van der Waals surface area contributed by atoms with Gasteiger partial charge in [-0.05, 0) is 0 Å². The van der Waals surface area contributed by atoms with Crippen molar-refractivity contribution >= 4 is 13.3 Å². The molecule has 0 saturated heterocycles. The van der Waals surface area contributed by atoms with Crippen molar-refractivity contribution in [3.63, 3.8) is 0 Å². The number of hydrogen-bond donors (Lipinski definition) is 2. The van der Waals surface area contributed by atoms with Crippen molar-refractivity contribution in [2.24, 2.45) is 0 Å². The van der Waals surface area contributed by atoms with Gasteiger partial charge >= 0.3 is 42.9 Å². The van der Waals surface area contributed by atoms with E-state index in [0.29, 0.717) is 0 Å². The summed E-state index contributed by atoms with van der Waals surface area (Å²) in [5.41, 5.74) is -1.50. The van der Waals surface area contributed by atoms with Crippen LogP contribution in [0.2, 0.25) is 0 Å². The second-order valence-corrected chi connectivity index (χ2v) is 2.47. The van der Waals surface area contributed by atoms with Gasteiger partial charge in [0.05, 0.1) is 7.11 Å². The van der Waals surface area contributed by atoms with Crippen LogP contribution in [0.3, 0.4) is 0 Å². The maximum absolute atomic E-state index is 9.85. The fourth-order valence-corrected chi connectivity index (χ4v) is 0.357. The van der Waals surface area contributed by atoms with E-state index in [1.54, 1.807) is 0 Å². The third-order valence-electron chi connectivity index (χ3n) is 0.412. The number of rotatable bonds is 1. The summed E-state index contributed by atoms with van der Waals surface area (Å²) in [6.45, 7) is 0. The topological polar surface area (TPSA) is 83.8 Å². The van der Waals surface area contributed by atoms with Crippen molar-refractivity contribution in [3.8, 4) is 0 Å². The van der Waals surface area contributed by atoms with Gasteiger partial charge in [0.2, 0.25) is 0 Å². The Labute approximate surface area is 81.2 Å². The molecule has 56 valence electrons. The van der Waals surface area contributed by atoms with Gasteiger partial charge < -0.3 is 22.0 Å². The maximum Gasteiger partial charge on any atom is 1.00 e. The van der Waals surface area contributed by atoms with Gasteiger partial charge in [0, 0.05) is 0 Å². The summed E-state index contributed by atoms with van der Waals surface area (Å²) < 4.78 is 13.5. The Morgan fingerprint density at radius 1 is 1.50 bits per heavy atom. The number of carbonyl (C=O) groups excluding carboxylic acids is 1. The molecule has 0 aliphatic heterocycles. The molecule has 0 atom stereocenters. The SMILES string of the molecule is COC(=O)P(=O)(O)O.[CH3-].[Na+]. The van der Waals surface area contributed by atoms with Crippen LogP contribution in [-0.4, -0.2) is 22.6 Å². The molecule has 0 heterocycles. The predicted molar refractivity (Wildman–Crippen MR) is 30.9 cm³/mol. The van der Waals surface area contributed by atoms with Gasteiger partial charge in [0.25, 0.3) is 0 Å². The summed E-state index contributed by atoms with van der Waals surface area (Å²) in [5, 5.41) is 0. The average molecular weight is 178 g/mol. The Bertz CT molecular complexity index is 140. The first kappa shape index (κ1) is 16.9. The Kier molecular flexibility index (Phi) is 10.7. The Morgan fingerprint density at radius 3 is 1.80 bits per heavy atom. The molecule has 0 fully saturated rings. The molecular weight excluding hydrogens is 170 g/mol. The Balaban J connectivity index is -0.000000245. The van der Waals surface area contributed by atoms with Gasteiger partial charge in [0.1, 0.15) is 0 Å². The molecule has 0 unspecified atom stereocenters. The molecule has 2 N–H and O–H groups in total. The zero-order chi connectivity index (χ0) is 6.78. The van der Waals surface area contributed by atoms with Gasteiger partial charge in [0.15, 0.2) is 0 Å². The molecule has 0 rings (SSSR count). The third kappa shape index (κ3) is 6.74. The van der Waals surface area contributed by atoms with Gasteiger partial charge in [-0.3, -0.25) is 0 Å². The van der Waals surface area contributed by atoms with Gasteiger partial charge in [-0.15, -0.1) is 0 Å². The monoisotopic (exact) mass is 178 g/mol. The number of hydrogen-bond acceptors (Lipinski definition) is 3. The van der Waals surface area contributed by atoms with Crippen LogP contribution in [0, 0.1) is 7.43 Å². The van der Waals surface area contributed by atoms with Crippen LogP contribution in [0.15, 0.2) is 0 Å². The first-order chi connectivity index (χ1) is 3.48. The first-order valence-electron chi connectivity index (χ1n) is 1.62. The van der Waals surface area contributed by atoms with Crippen LogP contribution in [-0.2, 0) is 9.30 Å². The van der Waals surface area contributed by atoms with Crippen LogP contribution in [0.5, 0.6) is 0 Å². The van der Waals surface area contributed by atoms with E-state index in [9.17, 15) is 9.36 Å². The summed E-state index contributed by atoms with van der Waals surface area (Å²) in [6.07, 6.45) is 0. The summed E-state index contributed by atoms with van der Waals surface area (Å²) in [5.74, 6) is 0. The van der Waals surface area contributed by atoms with Crippen LogP contribution in [0.4, 0.5) is 4.79 Å². The van der Waals surface area contributed by atoms with Crippen LogP contribution in [0.1, 0.15) is 0 Å². The molecule has 0 aliphatic rings. The Morgan fingerprint density at radius 2 is 1.80 bits per heavy atom. The van der Waals surface area contributed by atoms with Crippen molar-refractivity contribution in [1.29, 1.82) is 0 Å². The zero-order valence-corrected chi connectivity index (χ0v) is 8.96. The van der Waals surface area contributed by atoms with Crippen molar-refractivity contribution < 1.29 is 53.4 Å². The minimum Gasteiger partial charge on any atom is -0.460 e. The maximum atomic E-state index is 9.85. The van der Waals surface area contributed by atoms with E-state index < -0.39 is 13.3 Å². The fraction of sp³-hybridized carbons (Fsp3) is 0.333. The van der Waals surface area contributed by atoms with Crippen LogP contribution < -0.4 is 29.6 Å². The quantitative estimate of drug-likeness (QED) is 0.261. The summed E-state index contributed by atoms with van der Waals surface area (Å²) in [7, 11) is -3.71. The summed E-state index contributed by atoms with van der Waals surface area (Å²) >= 11 is 0. The van der Waals surface area contributed by atoms with Crippen LogP contribution >= 0.6 is 7.60 Å². The molecule has 0 aliphatic carbocycles. The van der Waals surface area contributed by atoms with E-state index >= 15 is 0 Å². The standard InChI is InChI=1S/C2H5O5P.CH3.Na/c1-7-2(3)8(4,5)6;;/h1H3,(H2,4,5,6);1H3;/q;-1;+1. The van der Waals surface area contributed by atoms with E-state index in [2.05, 4.69) is 4.74 Å². The van der Waals surface area contributed by atoms with Crippen LogP contribution in [0.25, 0.3) is 0 Å². The fourth-order valence-electron chi connectivity index (χ4n) is 0.119. The molecule has 0 amide bonds. The molecule has 0 saturated carbocycles. The molecule has 0 bridgehead atoms. The summed E-state index contributed by atoms with van der Waals surface area (Å²) in [4.78, 5) is 25.7. The number of methoxy groups -OCH3 is 1. The predicted octanol–water partition coefficient (Wildman–Crippen LogP) is -2.62. The first-order valence-corrected chi connectivity index (χ1v) is 3.24. The molecule has 10 heavy (non-hydrogen) atoms. The largest absolute Gasteiger partial charge is 1.00 e.